The van der Waals surface area contributed by atoms with Gasteiger partial charge < -0.3 is 9.47 Å². The van der Waals surface area contributed by atoms with E-state index < -0.39 is 17.9 Å². The van der Waals surface area contributed by atoms with Crippen LogP contribution in [0.4, 0.5) is 0 Å². The molecule has 0 N–H and O–H groups in total. The van der Waals surface area contributed by atoms with Crippen LogP contribution in [-0.4, -0.2) is 26.2 Å². The van der Waals surface area contributed by atoms with Crippen molar-refractivity contribution in [3.05, 3.63) is 0 Å². The highest BCUT2D eigenvalue weighted by atomic mass is 16.5. The Balaban J connectivity index is 2.42. The van der Waals surface area contributed by atoms with Crippen LogP contribution in [-0.2, 0) is 19.1 Å². The lowest BCUT2D eigenvalue weighted by atomic mass is 9.84. The molecule has 1 aliphatic carbocycles. The molecule has 0 amide bonds. The van der Waals surface area contributed by atoms with Gasteiger partial charge in [0.1, 0.15) is 0 Å². The predicted octanol–water partition coefficient (Wildman–Crippen LogP) is 2.31. The summed E-state index contributed by atoms with van der Waals surface area (Å²) in [4.78, 5) is 22.9. The van der Waals surface area contributed by atoms with Crippen LogP contribution in [0.15, 0.2) is 0 Å². The molecule has 0 saturated heterocycles. The topological polar surface area (TPSA) is 52.6 Å². The van der Waals surface area contributed by atoms with E-state index in [0.717, 1.165) is 6.42 Å². The van der Waals surface area contributed by atoms with Crippen molar-refractivity contribution in [2.75, 3.05) is 14.2 Å². The van der Waals surface area contributed by atoms with Crippen molar-refractivity contribution in [3.63, 3.8) is 0 Å². The number of esters is 2. The molecule has 1 saturated carbocycles. The van der Waals surface area contributed by atoms with Gasteiger partial charge in [0.25, 0.3) is 0 Å². The fraction of sp³-hybridized carbons (Fsp3) is 0.846. The van der Waals surface area contributed by atoms with Crippen molar-refractivity contribution in [1.29, 1.82) is 0 Å². The van der Waals surface area contributed by atoms with Gasteiger partial charge in [-0.1, -0.05) is 32.1 Å². The summed E-state index contributed by atoms with van der Waals surface area (Å²) in [5.41, 5.74) is 0. The number of hydrogen-bond acceptors (Lipinski definition) is 4. The molecule has 17 heavy (non-hydrogen) atoms. The molecule has 1 aliphatic rings. The molecule has 0 unspecified atom stereocenters. The molecule has 0 aromatic rings. The quantitative estimate of drug-likeness (QED) is 0.548. The second-order valence-electron chi connectivity index (χ2n) is 4.68. The van der Waals surface area contributed by atoms with Crippen molar-refractivity contribution in [1.82, 2.24) is 0 Å². The maximum Gasteiger partial charge on any atom is 0.320 e. The molecule has 0 aromatic heterocycles. The summed E-state index contributed by atoms with van der Waals surface area (Å²) in [5.74, 6) is -1.05. The lowest BCUT2D eigenvalue weighted by Crippen LogP contribution is -2.27. The lowest BCUT2D eigenvalue weighted by Gasteiger charge is -2.22. The third-order valence-electron chi connectivity index (χ3n) is 3.56. The number of rotatable bonds is 5. The van der Waals surface area contributed by atoms with Gasteiger partial charge in [-0.05, 0) is 18.8 Å². The summed E-state index contributed by atoms with van der Waals surface area (Å²) in [6.45, 7) is 0. The molecule has 0 spiro atoms. The van der Waals surface area contributed by atoms with Gasteiger partial charge in [-0.15, -0.1) is 0 Å². The van der Waals surface area contributed by atoms with E-state index >= 15 is 0 Å². The Hall–Kier alpha value is -1.06. The van der Waals surface area contributed by atoms with Crippen LogP contribution >= 0.6 is 0 Å². The van der Waals surface area contributed by atoms with E-state index in [1.165, 1.54) is 46.3 Å². The maximum atomic E-state index is 11.5. The average molecular weight is 242 g/mol. The standard InChI is InChI=1S/C13H22O4/c1-16-12(14)11(13(15)17-2)9-8-10-6-4-3-5-7-10/h10-11H,3-9H2,1-2H3. The monoisotopic (exact) mass is 242 g/mol. The van der Waals surface area contributed by atoms with E-state index in [1.54, 1.807) is 0 Å². The lowest BCUT2D eigenvalue weighted by molar-refractivity contribution is -0.159. The average Bonchev–Trinajstić information content (AvgIpc) is 2.39. The van der Waals surface area contributed by atoms with E-state index in [0.29, 0.717) is 12.3 Å². The smallest absolute Gasteiger partial charge is 0.320 e. The zero-order chi connectivity index (χ0) is 12.7. The van der Waals surface area contributed by atoms with Gasteiger partial charge in [0, 0.05) is 0 Å². The molecular weight excluding hydrogens is 220 g/mol. The first-order valence-electron chi connectivity index (χ1n) is 6.34. The first kappa shape index (κ1) is 14.0. The number of methoxy groups -OCH3 is 2. The van der Waals surface area contributed by atoms with Gasteiger partial charge in [-0.2, -0.15) is 0 Å². The van der Waals surface area contributed by atoms with Gasteiger partial charge in [0.2, 0.25) is 0 Å². The Labute approximate surface area is 103 Å². The molecule has 0 atom stereocenters. The molecule has 1 rings (SSSR count). The number of ether oxygens (including phenoxy) is 2. The summed E-state index contributed by atoms with van der Waals surface area (Å²) in [6, 6.07) is 0. The first-order valence-corrected chi connectivity index (χ1v) is 6.34. The normalized spacial score (nSPS) is 16.9. The Morgan fingerprint density at radius 2 is 1.59 bits per heavy atom. The first-order chi connectivity index (χ1) is 8.19. The SMILES string of the molecule is COC(=O)C(CCC1CCCCC1)C(=O)OC. The van der Waals surface area contributed by atoms with Crippen molar-refractivity contribution in [3.8, 4) is 0 Å². The molecule has 0 heterocycles. The van der Waals surface area contributed by atoms with Gasteiger partial charge >= 0.3 is 11.9 Å². The molecule has 1 fully saturated rings. The highest BCUT2D eigenvalue weighted by Gasteiger charge is 2.29. The van der Waals surface area contributed by atoms with Crippen molar-refractivity contribution in [2.24, 2.45) is 11.8 Å². The molecule has 4 heteroatoms. The Bertz CT molecular complexity index is 240. The van der Waals surface area contributed by atoms with Crippen LogP contribution in [0.25, 0.3) is 0 Å². The third kappa shape index (κ3) is 4.36. The highest BCUT2D eigenvalue weighted by molar-refractivity contribution is 5.94. The summed E-state index contributed by atoms with van der Waals surface area (Å²) in [7, 11) is 2.61. The molecule has 98 valence electrons. The zero-order valence-corrected chi connectivity index (χ0v) is 10.7. The van der Waals surface area contributed by atoms with Crippen LogP contribution < -0.4 is 0 Å². The molecule has 0 aromatic carbocycles. The minimum atomic E-state index is -0.744. The van der Waals surface area contributed by atoms with Gasteiger partial charge in [0.15, 0.2) is 5.92 Å². The Morgan fingerprint density at radius 3 is 2.06 bits per heavy atom. The summed E-state index contributed by atoms with van der Waals surface area (Å²) >= 11 is 0. The van der Waals surface area contributed by atoms with Gasteiger partial charge in [0.05, 0.1) is 14.2 Å². The number of hydrogen-bond donors (Lipinski definition) is 0. The second kappa shape index (κ2) is 7.30. The summed E-state index contributed by atoms with van der Waals surface area (Å²) in [6.07, 6.45) is 7.74. The van der Waals surface area contributed by atoms with Crippen molar-refractivity contribution >= 4 is 11.9 Å². The van der Waals surface area contributed by atoms with Gasteiger partial charge in [-0.25, -0.2) is 0 Å². The zero-order valence-electron chi connectivity index (χ0n) is 10.7. The van der Waals surface area contributed by atoms with Crippen LogP contribution in [0, 0.1) is 11.8 Å². The fourth-order valence-electron chi connectivity index (χ4n) is 2.49. The third-order valence-corrected chi connectivity index (χ3v) is 3.56. The maximum absolute atomic E-state index is 11.5. The molecule has 0 aliphatic heterocycles. The van der Waals surface area contributed by atoms with E-state index in [-0.39, 0.29) is 0 Å². The van der Waals surface area contributed by atoms with Crippen LogP contribution in [0.1, 0.15) is 44.9 Å². The van der Waals surface area contributed by atoms with E-state index in [9.17, 15) is 9.59 Å². The minimum absolute atomic E-state index is 0.479. The summed E-state index contributed by atoms with van der Waals surface area (Å²) in [5, 5.41) is 0. The molecular formula is C13H22O4. The van der Waals surface area contributed by atoms with E-state index in [2.05, 4.69) is 9.47 Å². The van der Waals surface area contributed by atoms with Crippen molar-refractivity contribution < 1.29 is 19.1 Å². The fourth-order valence-corrected chi connectivity index (χ4v) is 2.49. The number of carbonyl (C=O) groups is 2. The second-order valence-corrected chi connectivity index (χ2v) is 4.68. The Morgan fingerprint density at radius 1 is 1.06 bits per heavy atom. The molecule has 0 bridgehead atoms. The van der Waals surface area contributed by atoms with Gasteiger partial charge in [-0.3, -0.25) is 9.59 Å². The molecule has 4 nitrogen and oxygen atoms in total. The number of carbonyl (C=O) groups excluding carboxylic acids is 2. The van der Waals surface area contributed by atoms with Crippen molar-refractivity contribution in [2.45, 2.75) is 44.9 Å². The van der Waals surface area contributed by atoms with Crippen LogP contribution in [0.2, 0.25) is 0 Å². The van der Waals surface area contributed by atoms with Crippen LogP contribution in [0.3, 0.4) is 0 Å². The minimum Gasteiger partial charge on any atom is -0.468 e. The molecule has 0 radical (unpaired) electrons. The largest absolute Gasteiger partial charge is 0.468 e. The van der Waals surface area contributed by atoms with E-state index in [4.69, 9.17) is 0 Å². The van der Waals surface area contributed by atoms with E-state index in [1.807, 2.05) is 0 Å². The summed E-state index contributed by atoms with van der Waals surface area (Å²) < 4.78 is 9.27. The predicted molar refractivity (Wildman–Crippen MR) is 63.3 cm³/mol. The highest BCUT2D eigenvalue weighted by Crippen LogP contribution is 2.29. The Kier molecular flexibility index (Phi) is 6.01. The van der Waals surface area contributed by atoms with Crippen LogP contribution in [0.5, 0.6) is 0 Å².